The van der Waals surface area contributed by atoms with Crippen LogP contribution >= 0.6 is 0 Å². The Hall–Kier alpha value is -1.10. The highest BCUT2D eigenvalue weighted by molar-refractivity contribution is 5.33. The number of ether oxygens (including phenoxy) is 2. The average Bonchev–Trinajstić information content (AvgIpc) is 2.59. The van der Waals surface area contributed by atoms with Gasteiger partial charge in [-0.1, -0.05) is 26.0 Å². The van der Waals surface area contributed by atoms with E-state index in [0.717, 1.165) is 57.8 Å². The SMILES string of the molecule is CC(C)C(N)CCCOc1ccc(C2(CN(C)C)CCOCC2)cc1. The number of hydrogen-bond donors (Lipinski definition) is 1. The average molecular weight is 349 g/mol. The van der Waals surface area contributed by atoms with E-state index < -0.39 is 0 Å². The molecule has 1 aliphatic rings. The second-order valence-corrected chi connectivity index (χ2v) is 8.05. The first-order chi connectivity index (χ1) is 11.9. The van der Waals surface area contributed by atoms with Crippen LogP contribution in [0.5, 0.6) is 5.75 Å². The predicted octanol–water partition coefficient (Wildman–Crippen LogP) is 3.44. The number of likely N-dealkylation sites (N-methyl/N-ethyl adjacent to an activating group) is 1. The van der Waals surface area contributed by atoms with Crippen molar-refractivity contribution in [3.63, 3.8) is 0 Å². The van der Waals surface area contributed by atoms with Crippen molar-refractivity contribution in [1.29, 1.82) is 0 Å². The van der Waals surface area contributed by atoms with E-state index in [9.17, 15) is 0 Å². The van der Waals surface area contributed by atoms with Gasteiger partial charge in [-0.25, -0.2) is 0 Å². The van der Waals surface area contributed by atoms with Crippen molar-refractivity contribution >= 4 is 0 Å². The fourth-order valence-electron chi connectivity index (χ4n) is 3.65. The van der Waals surface area contributed by atoms with Crippen molar-refractivity contribution in [1.82, 2.24) is 4.90 Å². The summed E-state index contributed by atoms with van der Waals surface area (Å²) in [4.78, 5) is 2.29. The topological polar surface area (TPSA) is 47.7 Å². The normalized spacial score (nSPS) is 18.5. The van der Waals surface area contributed by atoms with E-state index in [1.54, 1.807) is 0 Å². The number of nitrogens with zero attached hydrogens (tertiary/aromatic N) is 1. The summed E-state index contributed by atoms with van der Waals surface area (Å²) >= 11 is 0. The van der Waals surface area contributed by atoms with E-state index in [0.29, 0.717) is 5.92 Å². The highest BCUT2D eigenvalue weighted by Gasteiger charge is 2.34. The van der Waals surface area contributed by atoms with Crippen LogP contribution in [0.1, 0.15) is 45.1 Å². The summed E-state index contributed by atoms with van der Waals surface area (Å²) < 4.78 is 11.5. The first-order valence-corrected chi connectivity index (χ1v) is 9.64. The lowest BCUT2D eigenvalue weighted by Gasteiger charge is -2.39. The van der Waals surface area contributed by atoms with Gasteiger partial charge >= 0.3 is 0 Å². The molecular weight excluding hydrogens is 312 g/mol. The van der Waals surface area contributed by atoms with Crippen LogP contribution in [0.25, 0.3) is 0 Å². The maximum Gasteiger partial charge on any atom is 0.119 e. The summed E-state index contributed by atoms with van der Waals surface area (Å²) in [5.74, 6) is 1.49. The van der Waals surface area contributed by atoms with Gasteiger partial charge in [0.15, 0.2) is 0 Å². The molecule has 0 aliphatic carbocycles. The summed E-state index contributed by atoms with van der Waals surface area (Å²) in [7, 11) is 4.30. The zero-order valence-electron chi connectivity index (χ0n) is 16.5. The molecule has 4 heteroatoms. The summed E-state index contributed by atoms with van der Waals surface area (Å²) in [5.41, 5.74) is 7.68. The van der Waals surface area contributed by atoms with Crippen molar-refractivity contribution < 1.29 is 9.47 Å². The Labute approximate surface area is 153 Å². The van der Waals surface area contributed by atoms with Crippen molar-refractivity contribution in [3.8, 4) is 5.75 Å². The molecule has 1 atom stereocenters. The first-order valence-electron chi connectivity index (χ1n) is 9.64. The molecule has 1 unspecified atom stereocenters. The molecule has 0 saturated carbocycles. The smallest absolute Gasteiger partial charge is 0.119 e. The first kappa shape index (κ1) is 20.2. The molecule has 2 rings (SSSR count). The van der Waals surface area contributed by atoms with Gasteiger partial charge in [-0.3, -0.25) is 0 Å². The highest BCUT2D eigenvalue weighted by Crippen LogP contribution is 2.36. The maximum absolute atomic E-state index is 6.08. The van der Waals surface area contributed by atoms with Gasteiger partial charge in [0.2, 0.25) is 0 Å². The van der Waals surface area contributed by atoms with Crippen molar-refractivity contribution in [2.75, 3.05) is 40.5 Å². The zero-order chi connectivity index (χ0) is 18.3. The molecule has 1 aromatic carbocycles. The van der Waals surface area contributed by atoms with Gasteiger partial charge in [-0.05, 0) is 63.4 Å². The van der Waals surface area contributed by atoms with Crippen LogP contribution in [0, 0.1) is 5.92 Å². The lowest BCUT2D eigenvalue weighted by molar-refractivity contribution is 0.0401. The fraction of sp³-hybridized carbons (Fsp3) is 0.714. The molecule has 1 aliphatic heterocycles. The van der Waals surface area contributed by atoms with Crippen LogP contribution in [0.3, 0.4) is 0 Å². The minimum absolute atomic E-state index is 0.199. The second kappa shape index (κ2) is 9.56. The molecule has 1 fully saturated rings. The Balaban J connectivity index is 1.91. The van der Waals surface area contributed by atoms with E-state index in [1.165, 1.54) is 5.56 Å². The molecule has 1 aromatic rings. The summed E-state index contributed by atoms with van der Waals surface area (Å²) in [6, 6.07) is 8.98. The Morgan fingerprint density at radius 1 is 1.16 bits per heavy atom. The molecular formula is C21H36N2O2. The standard InChI is InChI=1S/C21H36N2O2/c1-17(2)20(22)6-5-13-25-19-9-7-18(8-10-19)21(16-23(3)4)11-14-24-15-12-21/h7-10,17,20H,5-6,11-16,22H2,1-4H3. The fourth-order valence-corrected chi connectivity index (χ4v) is 3.65. The quantitative estimate of drug-likeness (QED) is 0.695. The molecule has 1 heterocycles. The van der Waals surface area contributed by atoms with E-state index in [2.05, 4.69) is 57.1 Å². The van der Waals surface area contributed by atoms with Crippen molar-refractivity contribution in [2.24, 2.45) is 11.7 Å². The molecule has 0 radical (unpaired) electrons. The van der Waals surface area contributed by atoms with E-state index in [-0.39, 0.29) is 11.5 Å². The monoisotopic (exact) mass is 348 g/mol. The van der Waals surface area contributed by atoms with E-state index in [4.69, 9.17) is 15.2 Å². The predicted molar refractivity (Wildman–Crippen MR) is 104 cm³/mol. The van der Waals surface area contributed by atoms with Crippen LogP contribution in [0.2, 0.25) is 0 Å². The van der Waals surface area contributed by atoms with Crippen LogP contribution in [0.4, 0.5) is 0 Å². The third kappa shape index (κ3) is 5.98. The van der Waals surface area contributed by atoms with Gasteiger partial charge in [0, 0.05) is 31.2 Å². The van der Waals surface area contributed by atoms with Crippen LogP contribution in [0.15, 0.2) is 24.3 Å². The summed E-state index contributed by atoms with van der Waals surface area (Å²) in [6.45, 7) is 7.83. The highest BCUT2D eigenvalue weighted by atomic mass is 16.5. The molecule has 0 aromatic heterocycles. The Bertz CT molecular complexity index is 493. The van der Waals surface area contributed by atoms with Gasteiger partial charge < -0.3 is 20.1 Å². The minimum atomic E-state index is 0.199. The third-order valence-electron chi connectivity index (χ3n) is 5.34. The number of benzene rings is 1. The third-order valence-corrected chi connectivity index (χ3v) is 5.34. The number of nitrogens with two attached hydrogens (primary N) is 1. The van der Waals surface area contributed by atoms with Crippen molar-refractivity contribution in [3.05, 3.63) is 29.8 Å². The van der Waals surface area contributed by atoms with Gasteiger partial charge in [-0.15, -0.1) is 0 Å². The lowest BCUT2D eigenvalue weighted by atomic mass is 9.74. The molecule has 4 nitrogen and oxygen atoms in total. The van der Waals surface area contributed by atoms with Crippen molar-refractivity contribution in [2.45, 2.75) is 51.0 Å². The van der Waals surface area contributed by atoms with E-state index in [1.807, 2.05) is 0 Å². The van der Waals surface area contributed by atoms with E-state index >= 15 is 0 Å². The molecule has 142 valence electrons. The van der Waals surface area contributed by atoms with Crippen LogP contribution in [-0.4, -0.2) is 51.4 Å². The van der Waals surface area contributed by atoms with Crippen LogP contribution in [-0.2, 0) is 10.2 Å². The zero-order valence-corrected chi connectivity index (χ0v) is 16.5. The van der Waals surface area contributed by atoms with Gasteiger partial charge in [-0.2, -0.15) is 0 Å². The molecule has 0 bridgehead atoms. The summed E-state index contributed by atoms with van der Waals surface area (Å²) in [6.07, 6.45) is 4.18. The summed E-state index contributed by atoms with van der Waals surface area (Å²) in [5, 5.41) is 0. The van der Waals surface area contributed by atoms with Crippen LogP contribution < -0.4 is 10.5 Å². The molecule has 25 heavy (non-hydrogen) atoms. The second-order valence-electron chi connectivity index (χ2n) is 8.05. The van der Waals surface area contributed by atoms with Gasteiger partial charge in [0.05, 0.1) is 6.61 Å². The minimum Gasteiger partial charge on any atom is -0.494 e. The Morgan fingerprint density at radius 2 is 1.80 bits per heavy atom. The Kier molecular flexibility index (Phi) is 7.73. The number of rotatable bonds is 9. The van der Waals surface area contributed by atoms with Gasteiger partial charge in [0.25, 0.3) is 0 Å². The molecule has 2 N–H and O–H groups in total. The Morgan fingerprint density at radius 3 is 2.36 bits per heavy atom. The molecule has 0 amide bonds. The molecule has 1 saturated heterocycles. The number of hydrogen-bond acceptors (Lipinski definition) is 4. The lowest BCUT2D eigenvalue weighted by Crippen LogP contribution is -2.42. The molecule has 0 spiro atoms. The largest absolute Gasteiger partial charge is 0.494 e. The maximum atomic E-state index is 6.08. The van der Waals surface area contributed by atoms with Gasteiger partial charge in [0.1, 0.15) is 5.75 Å².